The molecule has 7 heteroatoms. The highest BCUT2D eigenvalue weighted by Gasteiger charge is 2.42. The number of benzene rings is 1. The molecule has 1 aromatic carbocycles. The fourth-order valence-electron chi connectivity index (χ4n) is 4.51. The highest BCUT2D eigenvalue weighted by atomic mass is 35.5. The predicted molar refractivity (Wildman–Crippen MR) is 124 cm³/mol. The molecular weight excluding hydrogens is 416 g/mol. The summed E-state index contributed by atoms with van der Waals surface area (Å²) in [5.41, 5.74) is 6.65. The van der Waals surface area contributed by atoms with Gasteiger partial charge in [0.2, 0.25) is 0 Å². The second-order valence-electron chi connectivity index (χ2n) is 7.57. The Labute approximate surface area is 187 Å². The van der Waals surface area contributed by atoms with E-state index in [0.29, 0.717) is 16.7 Å². The molecule has 0 bridgehead atoms. The summed E-state index contributed by atoms with van der Waals surface area (Å²) in [4.78, 5) is 6.66. The number of pyridine rings is 1. The Hall–Kier alpha value is -2.41. The summed E-state index contributed by atoms with van der Waals surface area (Å²) in [6.07, 6.45) is 1.80. The minimum Gasteiger partial charge on any atom is -0.395 e. The van der Waals surface area contributed by atoms with Gasteiger partial charge in [-0.05, 0) is 68.9 Å². The topological polar surface area (TPSA) is 53.3 Å². The van der Waals surface area contributed by atoms with Crippen molar-refractivity contribution >= 4 is 28.9 Å². The third-order valence-corrected chi connectivity index (χ3v) is 6.50. The molecule has 1 aliphatic rings. The second kappa shape index (κ2) is 8.38. The van der Waals surface area contributed by atoms with Crippen LogP contribution in [0.15, 0.2) is 48.7 Å². The molecular formula is C23H25ClN4OS. The number of aliphatic hydroxyl groups is 1. The minimum atomic E-state index is -0.0998. The molecule has 30 heavy (non-hydrogen) atoms. The highest BCUT2D eigenvalue weighted by molar-refractivity contribution is 7.80. The number of halogens is 1. The third-order valence-electron chi connectivity index (χ3n) is 5.91. The molecule has 0 unspecified atom stereocenters. The van der Waals surface area contributed by atoms with Gasteiger partial charge in [-0.3, -0.25) is 4.98 Å². The molecule has 2 atom stereocenters. The van der Waals surface area contributed by atoms with Crippen molar-refractivity contribution in [2.45, 2.75) is 32.9 Å². The fraction of sp³-hybridized carbons (Fsp3) is 0.304. The van der Waals surface area contributed by atoms with E-state index in [2.05, 4.69) is 46.6 Å². The normalized spacial score (nSPS) is 18.7. The predicted octanol–water partition coefficient (Wildman–Crippen LogP) is 4.42. The van der Waals surface area contributed by atoms with E-state index in [0.717, 1.165) is 22.8 Å². The van der Waals surface area contributed by atoms with Crippen LogP contribution < -0.4 is 5.32 Å². The number of nitrogens with one attached hydrogen (secondary N) is 1. The second-order valence-corrected chi connectivity index (χ2v) is 8.39. The van der Waals surface area contributed by atoms with Gasteiger partial charge in [0.1, 0.15) is 0 Å². The molecule has 0 saturated carbocycles. The molecule has 3 aromatic rings. The number of thiocarbonyl (C=S) groups is 1. The summed E-state index contributed by atoms with van der Waals surface area (Å²) in [6, 6.07) is 13.6. The van der Waals surface area contributed by atoms with Crippen LogP contribution in [0, 0.1) is 20.8 Å². The minimum absolute atomic E-state index is 0.0271. The maximum Gasteiger partial charge on any atom is 0.170 e. The van der Waals surface area contributed by atoms with Crippen LogP contribution in [-0.2, 0) is 0 Å². The molecule has 156 valence electrons. The molecule has 1 aliphatic heterocycles. The average molecular weight is 441 g/mol. The van der Waals surface area contributed by atoms with Gasteiger partial charge in [-0.2, -0.15) is 0 Å². The highest BCUT2D eigenvalue weighted by Crippen LogP contribution is 2.43. The molecule has 4 rings (SSSR count). The molecule has 5 nitrogen and oxygen atoms in total. The van der Waals surface area contributed by atoms with E-state index < -0.39 is 0 Å². The average Bonchev–Trinajstić information content (AvgIpc) is 3.16. The van der Waals surface area contributed by atoms with Crippen molar-refractivity contribution in [3.63, 3.8) is 0 Å². The van der Waals surface area contributed by atoms with Crippen LogP contribution in [0.2, 0.25) is 5.02 Å². The summed E-state index contributed by atoms with van der Waals surface area (Å²) in [7, 11) is 0. The van der Waals surface area contributed by atoms with Crippen LogP contribution in [0.4, 0.5) is 0 Å². The maximum absolute atomic E-state index is 9.71. The molecule has 0 amide bonds. The Morgan fingerprint density at radius 1 is 1.13 bits per heavy atom. The van der Waals surface area contributed by atoms with Crippen molar-refractivity contribution in [1.82, 2.24) is 19.8 Å². The molecule has 1 saturated heterocycles. The lowest BCUT2D eigenvalue weighted by Crippen LogP contribution is -2.32. The van der Waals surface area contributed by atoms with E-state index in [4.69, 9.17) is 23.8 Å². The number of aromatic nitrogens is 2. The molecule has 3 heterocycles. The molecule has 2 N–H and O–H groups in total. The monoisotopic (exact) mass is 440 g/mol. The lowest BCUT2D eigenvalue weighted by atomic mass is 9.93. The number of hydrogen-bond donors (Lipinski definition) is 2. The zero-order chi connectivity index (χ0) is 21.4. The summed E-state index contributed by atoms with van der Waals surface area (Å²) < 4.78 is 2.24. The lowest BCUT2D eigenvalue weighted by molar-refractivity contribution is 0.222. The quantitative estimate of drug-likeness (QED) is 0.575. The Balaban J connectivity index is 1.89. The summed E-state index contributed by atoms with van der Waals surface area (Å²) in [6.45, 7) is 6.88. The van der Waals surface area contributed by atoms with E-state index in [1.165, 1.54) is 11.1 Å². The Morgan fingerprint density at radius 2 is 1.93 bits per heavy atom. The van der Waals surface area contributed by atoms with Gasteiger partial charge in [0.05, 0.1) is 24.4 Å². The van der Waals surface area contributed by atoms with Crippen molar-refractivity contribution in [2.24, 2.45) is 0 Å². The summed E-state index contributed by atoms with van der Waals surface area (Å²) >= 11 is 11.9. The van der Waals surface area contributed by atoms with E-state index >= 15 is 0 Å². The van der Waals surface area contributed by atoms with Crippen LogP contribution in [-0.4, -0.2) is 37.8 Å². The first-order valence-electron chi connectivity index (χ1n) is 9.97. The van der Waals surface area contributed by atoms with Crippen LogP contribution in [0.1, 0.15) is 40.3 Å². The first-order chi connectivity index (χ1) is 14.4. The summed E-state index contributed by atoms with van der Waals surface area (Å²) in [5.74, 6) is 0. The Morgan fingerprint density at radius 3 is 2.60 bits per heavy atom. The summed E-state index contributed by atoms with van der Waals surface area (Å²) in [5, 5.41) is 14.5. The number of hydrogen-bond acceptors (Lipinski definition) is 3. The van der Waals surface area contributed by atoms with Crippen molar-refractivity contribution < 1.29 is 5.11 Å². The van der Waals surface area contributed by atoms with Gasteiger partial charge in [-0.25, -0.2) is 0 Å². The van der Waals surface area contributed by atoms with Crippen molar-refractivity contribution in [3.05, 3.63) is 81.9 Å². The standard InChI is InChI=1S/C23H25ClN4OS/c1-14-15(2)28(18-8-6-7-17(24)13-18)16(3)20(14)22-21(19-9-4-5-10-25-19)26-23(30)27(22)11-12-29/h4-10,13,21-22,29H,11-12H2,1-3H3,(H,26,30)/t21-,22+/m1/s1. The zero-order valence-corrected chi connectivity index (χ0v) is 18.8. The van der Waals surface area contributed by atoms with Crippen LogP contribution in [0.25, 0.3) is 5.69 Å². The lowest BCUT2D eigenvalue weighted by Gasteiger charge is -2.28. The van der Waals surface area contributed by atoms with E-state index in [-0.39, 0.29) is 18.7 Å². The fourth-order valence-corrected chi connectivity index (χ4v) is 5.03. The number of β-amino-alcohol motifs (C(OH)–C–C–N with tert-alkyl or cyclic N) is 1. The number of nitrogens with zero attached hydrogens (tertiary/aromatic N) is 3. The van der Waals surface area contributed by atoms with E-state index in [1.807, 2.05) is 36.4 Å². The van der Waals surface area contributed by atoms with Crippen molar-refractivity contribution in [2.75, 3.05) is 13.2 Å². The van der Waals surface area contributed by atoms with Gasteiger partial charge in [-0.15, -0.1) is 0 Å². The van der Waals surface area contributed by atoms with Gasteiger partial charge >= 0.3 is 0 Å². The van der Waals surface area contributed by atoms with Gasteiger partial charge in [-0.1, -0.05) is 23.7 Å². The Bertz CT molecular complexity index is 1080. The van der Waals surface area contributed by atoms with Crippen molar-refractivity contribution in [1.29, 1.82) is 0 Å². The van der Waals surface area contributed by atoms with Gasteiger partial charge in [0.25, 0.3) is 0 Å². The van der Waals surface area contributed by atoms with Crippen molar-refractivity contribution in [3.8, 4) is 5.69 Å². The van der Waals surface area contributed by atoms with Gasteiger partial charge in [0.15, 0.2) is 5.11 Å². The van der Waals surface area contributed by atoms with E-state index in [9.17, 15) is 5.11 Å². The molecule has 1 fully saturated rings. The van der Waals surface area contributed by atoms with E-state index in [1.54, 1.807) is 6.20 Å². The molecule has 0 aliphatic carbocycles. The number of rotatable bonds is 5. The SMILES string of the molecule is Cc1c([C@H]2[C@@H](c3ccccn3)NC(=S)N2CCO)c(C)n(-c2cccc(Cl)c2)c1C. The van der Waals surface area contributed by atoms with Crippen LogP contribution in [0.3, 0.4) is 0 Å². The zero-order valence-electron chi connectivity index (χ0n) is 17.3. The first-order valence-corrected chi connectivity index (χ1v) is 10.8. The maximum atomic E-state index is 9.71. The van der Waals surface area contributed by atoms with Gasteiger partial charge < -0.3 is 19.9 Å². The molecule has 2 aromatic heterocycles. The smallest absolute Gasteiger partial charge is 0.170 e. The molecule has 0 radical (unpaired) electrons. The Kier molecular flexibility index (Phi) is 5.82. The number of aliphatic hydroxyl groups excluding tert-OH is 1. The van der Waals surface area contributed by atoms with Crippen LogP contribution in [0.5, 0.6) is 0 Å². The molecule has 0 spiro atoms. The largest absolute Gasteiger partial charge is 0.395 e. The van der Waals surface area contributed by atoms with Crippen LogP contribution >= 0.6 is 23.8 Å². The van der Waals surface area contributed by atoms with Gasteiger partial charge in [0, 0.05) is 40.4 Å². The first kappa shape index (κ1) is 20.8. The third kappa shape index (κ3) is 3.49.